The molecular formula is C12H16BrNO3. The van der Waals surface area contributed by atoms with Gasteiger partial charge in [0.1, 0.15) is 5.75 Å². The SMILES string of the molecule is O=C(COc1ccc(Br)cc1)NCCCCO. The quantitative estimate of drug-likeness (QED) is 0.754. The smallest absolute Gasteiger partial charge is 0.257 e. The molecule has 1 aromatic rings. The van der Waals surface area contributed by atoms with E-state index in [0.29, 0.717) is 18.7 Å². The zero-order valence-electron chi connectivity index (χ0n) is 9.49. The van der Waals surface area contributed by atoms with Crippen LogP contribution in [0.5, 0.6) is 5.75 Å². The third-order valence-corrected chi connectivity index (χ3v) is 2.62. The number of carbonyl (C=O) groups excluding carboxylic acids is 1. The van der Waals surface area contributed by atoms with E-state index in [-0.39, 0.29) is 19.1 Å². The number of halogens is 1. The monoisotopic (exact) mass is 301 g/mol. The molecule has 1 rings (SSSR count). The van der Waals surface area contributed by atoms with Gasteiger partial charge in [-0.15, -0.1) is 0 Å². The normalized spacial score (nSPS) is 10.0. The van der Waals surface area contributed by atoms with Gasteiger partial charge in [-0.1, -0.05) is 15.9 Å². The van der Waals surface area contributed by atoms with Crippen molar-refractivity contribution in [1.29, 1.82) is 0 Å². The van der Waals surface area contributed by atoms with Crippen molar-refractivity contribution < 1.29 is 14.6 Å². The predicted octanol–water partition coefficient (Wildman–Crippen LogP) is 1.72. The summed E-state index contributed by atoms with van der Waals surface area (Å²) < 4.78 is 6.27. The van der Waals surface area contributed by atoms with Gasteiger partial charge in [-0.25, -0.2) is 0 Å². The Bertz CT molecular complexity index is 340. The van der Waals surface area contributed by atoms with Crippen LogP contribution in [0.2, 0.25) is 0 Å². The molecule has 0 aliphatic heterocycles. The highest BCUT2D eigenvalue weighted by Gasteiger charge is 2.01. The number of hydrogen-bond donors (Lipinski definition) is 2. The molecule has 0 saturated heterocycles. The van der Waals surface area contributed by atoms with Gasteiger partial charge in [0, 0.05) is 17.6 Å². The number of aliphatic hydroxyl groups is 1. The van der Waals surface area contributed by atoms with Crippen molar-refractivity contribution in [3.05, 3.63) is 28.7 Å². The second kappa shape index (κ2) is 8.08. The molecule has 4 nitrogen and oxygen atoms in total. The summed E-state index contributed by atoms with van der Waals surface area (Å²) in [5.74, 6) is 0.518. The fourth-order valence-electron chi connectivity index (χ4n) is 1.20. The second-order valence-electron chi connectivity index (χ2n) is 3.52. The number of hydrogen-bond acceptors (Lipinski definition) is 3. The maximum absolute atomic E-state index is 11.3. The van der Waals surface area contributed by atoms with E-state index < -0.39 is 0 Å². The Hall–Kier alpha value is -1.07. The van der Waals surface area contributed by atoms with Crippen molar-refractivity contribution in [3.63, 3.8) is 0 Å². The minimum atomic E-state index is -0.147. The van der Waals surface area contributed by atoms with E-state index in [1.807, 2.05) is 12.1 Å². The van der Waals surface area contributed by atoms with E-state index in [1.54, 1.807) is 12.1 Å². The Labute approximate surface area is 109 Å². The Morgan fingerprint density at radius 3 is 2.65 bits per heavy atom. The molecule has 0 saturated carbocycles. The van der Waals surface area contributed by atoms with Crippen molar-refractivity contribution in [1.82, 2.24) is 5.32 Å². The predicted molar refractivity (Wildman–Crippen MR) is 69.0 cm³/mol. The van der Waals surface area contributed by atoms with Gasteiger partial charge in [0.15, 0.2) is 6.61 Å². The molecule has 5 heteroatoms. The van der Waals surface area contributed by atoms with Crippen molar-refractivity contribution >= 4 is 21.8 Å². The highest BCUT2D eigenvalue weighted by atomic mass is 79.9. The van der Waals surface area contributed by atoms with E-state index >= 15 is 0 Å². The van der Waals surface area contributed by atoms with Gasteiger partial charge in [0.25, 0.3) is 5.91 Å². The molecule has 0 fully saturated rings. The molecule has 0 radical (unpaired) electrons. The molecule has 0 aliphatic rings. The zero-order valence-corrected chi connectivity index (χ0v) is 11.1. The van der Waals surface area contributed by atoms with Gasteiger partial charge in [-0.05, 0) is 37.1 Å². The molecule has 2 N–H and O–H groups in total. The number of nitrogens with one attached hydrogen (secondary N) is 1. The molecule has 0 aromatic heterocycles. The van der Waals surface area contributed by atoms with E-state index in [2.05, 4.69) is 21.2 Å². The lowest BCUT2D eigenvalue weighted by molar-refractivity contribution is -0.123. The standard InChI is InChI=1S/C12H16BrNO3/c13-10-3-5-11(6-4-10)17-9-12(16)14-7-1-2-8-15/h3-6,15H,1-2,7-9H2,(H,14,16). The Balaban J connectivity index is 2.17. The van der Waals surface area contributed by atoms with Gasteiger partial charge < -0.3 is 15.2 Å². The molecule has 0 aliphatic carbocycles. The molecule has 17 heavy (non-hydrogen) atoms. The summed E-state index contributed by atoms with van der Waals surface area (Å²) in [4.78, 5) is 11.3. The Morgan fingerprint density at radius 1 is 1.29 bits per heavy atom. The van der Waals surface area contributed by atoms with Gasteiger partial charge in [-0.3, -0.25) is 4.79 Å². The summed E-state index contributed by atoms with van der Waals surface area (Å²) in [5.41, 5.74) is 0. The maximum atomic E-state index is 11.3. The lowest BCUT2D eigenvalue weighted by Crippen LogP contribution is -2.29. The number of aliphatic hydroxyl groups excluding tert-OH is 1. The van der Waals surface area contributed by atoms with Crippen LogP contribution >= 0.6 is 15.9 Å². The largest absolute Gasteiger partial charge is 0.484 e. The van der Waals surface area contributed by atoms with E-state index in [9.17, 15) is 4.79 Å². The summed E-state index contributed by atoms with van der Waals surface area (Å²) in [7, 11) is 0. The minimum Gasteiger partial charge on any atom is -0.484 e. The highest BCUT2D eigenvalue weighted by molar-refractivity contribution is 9.10. The van der Waals surface area contributed by atoms with Gasteiger partial charge >= 0.3 is 0 Å². The van der Waals surface area contributed by atoms with Crippen LogP contribution in [0.4, 0.5) is 0 Å². The van der Waals surface area contributed by atoms with E-state index in [0.717, 1.165) is 10.9 Å². The molecule has 0 spiro atoms. The number of rotatable bonds is 7. The molecule has 1 aromatic carbocycles. The molecule has 0 bridgehead atoms. The second-order valence-corrected chi connectivity index (χ2v) is 4.44. The summed E-state index contributed by atoms with van der Waals surface area (Å²) in [6, 6.07) is 7.30. The zero-order chi connectivity index (χ0) is 12.5. The fourth-order valence-corrected chi connectivity index (χ4v) is 1.46. The summed E-state index contributed by atoms with van der Waals surface area (Å²) >= 11 is 3.32. The van der Waals surface area contributed by atoms with Gasteiger partial charge in [0.2, 0.25) is 0 Å². The number of unbranched alkanes of at least 4 members (excludes halogenated alkanes) is 1. The first kappa shape index (κ1) is 14.0. The Kier molecular flexibility index (Phi) is 6.65. The van der Waals surface area contributed by atoms with Crippen LogP contribution in [-0.2, 0) is 4.79 Å². The lowest BCUT2D eigenvalue weighted by Gasteiger charge is -2.07. The van der Waals surface area contributed by atoms with Crippen LogP contribution < -0.4 is 10.1 Å². The molecule has 1 amide bonds. The first-order chi connectivity index (χ1) is 8.22. The number of carbonyl (C=O) groups is 1. The summed E-state index contributed by atoms with van der Waals surface area (Å²) in [6.07, 6.45) is 1.48. The lowest BCUT2D eigenvalue weighted by atomic mass is 10.3. The third kappa shape index (κ3) is 6.28. The first-order valence-corrected chi connectivity index (χ1v) is 6.27. The van der Waals surface area contributed by atoms with Crippen LogP contribution in [0.15, 0.2) is 28.7 Å². The van der Waals surface area contributed by atoms with Crippen LogP contribution in [0, 0.1) is 0 Å². The number of amides is 1. The molecule has 0 atom stereocenters. The summed E-state index contributed by atoms with van der Waals surface area (Å²) in [5, 5.41) is 11.3. The molecule has 0 unspecified atom stereocenters. The van der Waals surface area contributed by atoms with Crippen LogP contribution in [0.3, 0.4) is 0 Å². The highest BCUT2D eigenvalue weighted by Crippen LogP contribution is 2.15. The van der Waals surface area contributed by atoms with E-state index in [1.165, 1.54) is 0 Å². The average molecular weight is 302 g/mol. The minimum absolute atomic E-state index is 0.0146. The van der Waals surface area contributed by atoms with Crippen LogP contribution in [0.25, 0.3) is 0 Å². The van der Waals surface area contributed by atoms with Crippen molar-refractivity contribution in [3.8, 4) is 5.75 Å². The molecule has 94 valence electrons. The molecule has 0 heterocycles. The van der Waals surface area contributed by atoms with Crippen LogP contribution in [-0.4, -0.2) is 30.8 Å². The topological polar surface area (TPSA) is 58.6 Å². The van der Waals surface area contributed by atoms with E-state index in [4.69, 9.17) is 9.84 Å². The van der Waals surface area contributed by atoms with Gasteiger partial charge in [-0.2, -0.15) is 0 Å². The Morgan fingerprint density at radius 2 is 2.00 bits per heavy atom. The van der Waals surface area contributed by atoms with Crippen LogP contribution in [0.1, 0.15) is 12.8 Å². The summed E-state index contributed by atoms with van der Waals surface area (Å²) in [6.45, 7) is 0.745. The molecular weight excluding hydrogens is 286 g/mol. The number of benzene rings is 1. The van der Waals surface area contributed by atoms with Gasteiger partial charge in [0.05, 0.1) is 0 Å². The van der Waals surface area contributed by atoms with Crippen molar-refractivity contribution in [2.75, 3.05) is 19.8 Å². The maximum Gasteiger partial charge on any atom is 0.257 e. The van der Waals surface area contributed by atoms with Crippen molar-refractivity contribution in [2.24, 2.45) is 0 Å². The fraction of sp³-hybridized carbons (Fsp3) is 0.417. The van der Waals surface area contributed by atoms with Crippen molar-refractivity contribution in [2.45, 2.75) is 12.8 Å². The number of ether oxygens (including phenoxy) is 1. The third-order valence-electron chi connectivity index (χ3n) is 2.09. The average Bonchev–Trinajstić information content (AvgIpc) is 2.34. The first-order valence-electron chi connectivity index (χ1n) is 5.48.